The van der Waals surface area contributed by atoms with Crippen LogP contribution in [0.5, 0.6) is 0 Å². The van der Waals surface area contributed by atoms with E-state index in [4.69, 9.17) is 4.74 Å². The number of likely N-dealkylation sites (N-methyl/N-ethyl adjacent to an activating group) is 1. The van der Waals surface area contributed by atoms with Crippen LogP contribution in [-0.4, -0.2) is 41.9 Å². The van der Waals surface area contributed by atoms with E-state index in [0.29, 0.717) is 24.8 Å². The van der Waals surface area contributed by atoms with Gasteiger partial charge in [-0.15, -0.1) is 0 Å². The highest BCUT2D eigenvalue weighted by Gasteiger charge is 2.26. The van der Waals surface area contributed by atoms with Crippen LogP contribution in [0.15, 0.2) is 42.5 Å². The fourth-order valence-electron chi connectivity index (χ4n) is 2.64. The molecule has 2 aromatic rings. The Kier molecular flexibility index (Phi) is 4.63. The average Bonchev–Trinajstić information content (AvgIpc) is 2.59. The molecule has 2 aromatic carbocycles. The predicted octanol–water partition coefficient (Wildman–Crippen LogP) is 2.57. The van der Waals surface area contributed by atoms with Crippen molar-refractivity contribution < 1.29 is 19.4 Å². The second-order valence-electron chi connectivity index (χ2n) is 5.90. The van der Waals surface area contributed by atoms with E-state index >= 15 is 0 Å². The zero-order valence-corrected chi connectivity index (χ0v) is 13.8. The smallest absolute Gasteiger partial charge is 0.346 e. The molecule has 1 heterocycles. The Labute approximate surface area is 148 Å². The highest BCUT2D eigenvalue weighted by atomic mass is 16.6. The van der Waals surface area contributed by atoms with Gasteiger partial charge in [0.15, 0.2) is 5.78 Å². The number of carbonyl (C=O) groups is 1. The van der Waals surface area contributed by atoms with E-state index in [0.717, 1.165) is 17.8 Å². The third-order valence-corrected chi connectivity index (χ3v) is 4.34. The summed E-state index contributed by atoms with van der Waals surface area (Å²) in [5.74, 6) is -0.441. The van der Waals surface area contributed by atoms with E-state index < -0.39 is 27.0 Å². The van der Waals surface area contributed by atoms with Gasteiger partial charge in [-0.3, -0.25) is 25.0 Å². The fourth-order valence-corrected chi connectivity index (χ4v) is 2.64. The van der Waals surface area contributed by atoms with Crippen LogP contribution in [0.3, 0.4) is 0 Å². The number of benzene rings is 2. The molecule has 1 saturated heterocycles. The van der Waals surface area contributed by atoms with Gasteiger partial charge in [-0.25, -0.2) is 0 Å². The van der Waals surface area contributed by atoms with E-state index in [2.05, 4.69) is 4.90 Å². The maximum absolute atomic E-state index is 12.6. The molecule has 0 bridgehead atoms. The van der Waals surface area contributed by atoms with E-state index in [-0.39, 0.29) is 5.56 Å². The number of rotatable bonds is 6. The lowest BCUT2D eigenvalue weighted by atomic mass is 10.0. The van der Waals surface area contributed by atoms with Gasteiger partial charge in [0, 0.05) is 36.0 Å². The Morgan fingerprint density at radius 2 is 1.58 bits per heavy atom. The summed E-state index contributed by atoms with van der Waals surface area (Å²) in [5.41, 5.74) is -0.0658. The van der Waals surface area contributed by atoms with Crippen LogP contribution in [0.25, 0.3) is 0 Å². The Hall–Kier alpha value is -3.33. The Morgan fingerprint density at radius 3 is 2.08 bits per heavy atom. The SMILES string of the molecule is CN(c1ccc(C(=O)c2ccc([N+](=O)[O-])c([N+](=O)[O-])c2)cc1)C1COC1. The zero-order valence-electron chi connectivity index (χ0n) is 13.8. The number of nitro groups is 2. The number of carbonyl (C=O) groups excluding carboxylic acids is 1. The summed E-state index contributed by atoms with van der Waals surface area (Å²) in [6.07, 6.45) is 0. The van der Waals surface area contributed by atoms with Crippen LogP contribution in [0.4, 0.5) is 17.1 Å². The molecule has 0 saturated carbocycles. The molecule has 0 aromatic heterocycles. The van der Waals surface area contributed by atoms with Crippen molar-refractivity contribution in [3.63, 3.8) is 0 Å². The summed E-state index contributed by atoms with van der Waals surface area (Å²) in [7, 11) is 1.93. The minimum atomic E-state index is -0.867. The third-order valence-electron chi connectivity index (χ3n) is 4.34. The van der Waals surface area contributed by atoms with E-state index in [1.54, 1.807) is 24.3 Å². The highest BCUT2D eigenvalue weighted by molar-refractivity contribution is 6.09. The number of ether oxygens (including phenoxy) is 1. The Bertz CT molecular complexity index is 877. The minimum absolute atomic E-state index is 0.0239. The first kappa shape index (κ1) is 17.5. The summed E-state index contributed by atoms with van der Waals surface area (Å²) in [5, 5.41) is 21.9. The van der Waals surface area contributed by atoms with Gasteiger partial charge in [-0.1, -0.05) is 0 Å². The first-order valence-electron chi connectivity index (χ1n) is 7.76. The van der Waals surface area contributed by atoms with Crippen LogP contribution in [0, 0.1) is 20.2 Å². The Morgan fingerprint density at radius 1 is 1.00 bits per heavy atom. The first-order chi connectivity index (χ1) is 12.4. The van der Waals surface area contributed by atoms with Crippen LogP contribution in [-0.2, 0) is 4.74 Å². The van der Waals surface area contributed by atoms with Crippen molar-refractivity contribution in [2.45, 2.75) is 6.04 Å². The molecule has 26 heavy (non-hydrogen) atoms. The van der Waals surface area contributed by atoms with E-state index in [1.807, 2.05) is 7.05 Å². The van der Waals surface area contributed by atoms with Gasteiger partial charge in [-0.2, -0.15) is 0 Å². The molecule has 1 aliphatic rings. The molecular formula is C17H15N3O6. The van der Waals surface area contributed by atoms with Crippen molar-refractivity contribution in [1.29, 1.82) is 0 Å². The summed E-state index contributed by atoms with van der Waals surface area (Å²) < 4.78 is 5.16. The van der Waals surface area contributed by atoms with E-state index in [9.17, 15) is 25.0 Å². The molecule has 9 nitrogen and oxygen atoms in total. The molecule has 0 amide bonds. The van der Waals surface area contributed by atoms with Gasteiger partial charge in [0.1, 0.15) is 0 Å². The molecule has 0 radical (unpaired) electrons. The normalized spacial score (nSPS) is 13.7. The standard InChI is InChI=1S/C17H15N3O6/c1-18(14-9-26-10-14)13-5-2-11(3-6-13)17(21)12-4-7-15(19(22)23)16(8-12)20(24)25/h2-8,14H,9-10H2,1H3. The summed E-state index contributed by atoms with van der Waals surface area (Å²) in [6.45, 7) is 1.31. The maximum Gasteiger partial charge on any atom is 0.346 e. The number of anilines is 1. The number of nitrogens with zero attached hydrogens (tertiary/aromatic N) is 3. The molecule has 0 N–H and O–H groups in total. The lowest BCUT2D eigenvalue weighted by molar-refractivity contribution is -0.422. The molecular weight excluding hydrogens is 342 g/mol. The Balaban J connectivity index is 1.86. The molecule has 134 valence electrons. The van der Waals surface area contributed by atoms with Gasteiger partial charge in [0.2, 0.25) is 0 Å². The van der Waals surface area contributed by atoms with Crippen molar-refractivity contribution in [2.24, 2.45) is 0 Å². The molecule has 1 aliphatic heterocycles. The van der Waals surface area contributed by atoms with Gasteiger partial charge in [-0.05, 0) is 30.3 Å². The number of hydrogen-bond acceptors (Lipinski definition) is 7. The van der Waals surface area contributed by atoms with Crippen LogP contribution in [0.2, 0.25) is 0 Å². The molecule has 0 atom stereocenters. The average molecular weight is 357 g/mol. The second-order valence-corrected chi connectivity index (χ2v) is 5.90. The maximum atomic E-state index is 12.6. The van der Waals surface area contributed by atoms with E-state index in [1.165, 1.54) is 6.07 Å². The highest BCUT2D eigenvalue weighted by Crippen LogP contribution is 2.29. The molecule has 9 heteroatoms. The number of ketones is 1. The topological polar surface area (TPSA) is 116 Å². The second kappa shape index (κ2) is 6.89. The van der Waals surface area contributed by atoms with Crippen LogP contribution in [0.1, 0.15) is 15.9 Å². The number of nitro benzene ring substituents is 2. The fraction of sp³-hybridized carbons (Fsp3) is 0.235. The molecule has 0 spiro atoms. The summed E-state index contributed by atoms with van der Waals surface area (Å²) >= 11 is 0. The van der Waals surface area contributed by atoms with Crippen molar-refractivity contribution >= 4 is 22.8 Å². The van der Waals surface area contributed by atoms with Gasteiger partial charge in [0.05, 0.1) is 29.1 Å². The zero-order chi connectivity index (χ0) is 18.8. The van der Waals surface area contributed by atoms with Crippen molar-refractivity contribution in [3.8, 4) is 0 Å². The lowest BCUT2D eigenvalue weighted by Gasteiger charge is -2.36. The van der Waals surface area contributed by atoms with Crippen molar-refractivity contribution in [2.75, 3.05) is 25.2 Å². The predicted molar refractivity (Wildman–Crippen MR) is 92.6 cm³/mol. The first-order valence-corrected chi connectivity index (χ1v) is 7.76. The van der Waals surface area contributed by atoms with Gasteiger partial charge < -0.3 is 9.64 Å². The molecule has 1 fully saturated rings. The van der Waals surface area contributed by atoms with Gasteiger partial charge >= 0.3 is 11.4 Å². The van der Waals surface area contributed by atoms with Crippen LogP contribution >= 0.6 is 0 Å². The third kappa shape index (κ3) is 3.24. The molecule has 3 rings (SSSR count). The van der Waals surface area contributed by atoms with Crippen molar-refractivity contribution in [1.82, 2.24) is 0 Å². The largest absolute Gasteiger partial charge is 0.377 e. The number of hydrogen-bond donors (Lipinski definition) is 0. The van der Waals surface area contributed by atoms with Crippen LogP contribution < -0.4 is 4.90 Å². The summed E-state index contributed by atoms with van der Waals surface area (Å²) in [4.78, 5) is 34.8. The lowest BCUT2D eigenvalue weighted by Crippen LogP contribution is -2.47. The molecule has 0 unspecified atom stereocenters. The molecule has 0 aliphatic carbocycles. The quantitative estimate of drug-likeness (QED) is 0.443. The van der Waals surface area contributed by atoms with Crippen molar-refractivity contribution in [3.05, 3.63) is 73.8 Å². The summed E-state index contributed by atoms with van der Waals surface area (Å²) in [6, 6.07) is 10.3. The van der Waals surface area contributed by atoms with Gasteiger partial charge in [0.25, 0.3) is 0 Å². The minimum Gasteiger partial charge on any atom is -0.377 e. The monoisotopic (exact) mass is 357 g/mol.